The fourth-order valence-corrected chi connectivity index (χ4v) is 21.3. The molecule has 662 valence electrons. The maximum absolute atomic E-state index is 16.1. The zero-order chi connectivity index (χ0) is 84.8. The number of hydrogen-bond acceptors (Lipinski definition) is 40. The van der Waals surface area contributed by atoms with Gasteiger partial charge in [0.1, 0.15) is 158 Å². The highest BCUT2D eigenvalue weighted by Crippen LogP contribution is 2.75. The zero-order valence-corrected chi connectivity index (χ0v) is 65.4. The molecular formula is C75H116O41. The number of aliphatic hydroxyl groups is 20. The van der Waals surface area contributed by atoms with Gasteiger partial charge in [0, 0.05) is 5.92 Å². The van der Waals surface area contributed by atoms with Crippen molar-refractivity contribution in [2.24, 2.45) is 50.2 Å². The quantitative estimate of drug-likeness (QED) is 0.0324. The molecule has 0 amide bonds. The van der Waals surface area contributed by atoms with Gasteiger partial charge < -0.3 is 188 Å². The second kappa shape index (κ2) is 33.9. The van der Waals surface area contributed by atoms with E-state index in [-0.39, 0.29) is 50.7 Å². The molecule has 8 saturated heterocycles. The molecule has 116 heavy (non-hydrogen) atoms. The van der Waals surface area contributed by atoms with E-state index in [2.05, 4.69) is 0 Å². The smallest absolute Gasteiger partial charge is 0.335 e. The number of carboxylic acids is 1. The largest absolute Gasteiger partial charge is 0.479 e. The number of hydrogen-bond donors (Lipinski definition) is 21. The van der Waals surface area contributed by atoms with Crippen molar-refractivity contribution in [2.75, 3.05) is 26.4 Å². The molecular weight excluding hydrogens is 1560 g/mol. The molecule has 0 aromatic rings. The molecule has 0 bridgehead atoms. The first-order valence-corrected chi connectivity index (χ1v) is 39.8. The van der Waals surface area contributed by atoms with Crippen molar-refractivity contribution in [3.63, 3.8) is 0 Å². The number of aliphatic carboxylic acids is 1. The van der Waals surface area contributed by atoms with Crippen LogP contribution in [0.4, 0.5) is 0 Å². The molecule has 0 spiro atoms. The normalized spacial score (nSPS) is 55.0. The molecule has 0 aromatic carbocycles. The molecule has 0 aromatic heterocycles. The lowest BCUT2D eigenvalue weighted by atomic mass is 9.33. The number of fused-ring (bicyclic) bond motifs is 7. The van der Waals surface area contributed by atoms with Gasteiger partial charge in [-0.05, 0) is 112 Å². The molecule has 0 radical (unpaired) electrons. The number of rotatable bonds is 19. The standard InChI is InChI=1S/C75H116O41/c1-24-37(83)41(87)46(92)64(104-24)110-53-26(3)106-67(57(49(53)95)114-65-48(94)43(89)52(25(2)105-65)109-63-51(97)54(32(81)22-103-63)111-61-44(90)38(84)30(79)20-101-61)116-69(100)75-15-14-70(4,5)17-28(75)27-16-29(78)59-71(6)12-11-36(72(7,23-77)34(71)10-13-73(59,8)74(27,9)18-35(75)82)108-68-58(115-66-47(93)42(88)40(86)33(19-76)107-66)55(50(96)56(113-68)60(98)99)112-62-45(91)39(85)31(80)21-102-62/h16,23-26,28,30-59,61-68,76,79-97H,10-15,17-22H2,1-9H3,(H,98,99)/t24-,25+,26-,28+,30-,31-,32-,33-,34-,35-,36+,37-,38+,39+,40+,41+,42+,43+,44-,45-,46-,47-,48-,49+,50+,51-,52+,53+,54+,55+,56+,57-,58-,59-,61+,62+,63+,64+,65+,66+,67+,68-,71+,72+,73-,74-,75-/m1/s1. The molecule has 4 saturated carbocycles. The maximum Gasteiger partial charge on any atom is 0.335 e. The Bertz CT molecular complexity index is 3490. The Morgan fingerprint density at radius 2 is 0.966 bits per heavy atom. The van der Waals surface area contributed by atoms with E-state index in [1.54, 1.807) is 6.92 Å². The van der Waals surface area contributed by atoms with Gasteiger partial charge in [-0.15, -0.1) is 0 Å². The monoisotopic (exact) mass is 1670 g/mol. The third-order valence-corrected chi connectivity index (χ3v) is 28.3. The van der Waals surface area contributed by atoms with Gasteiger partial charge in [-0.25, -0.2) is 4.79 Å². The van der Waals surface area contributed by atoms with Gasteiger partial charge in [0.05, 0.1) is 62.4 Å². The molecule has 12 fully saturated rings. The molecule has 8 aliphatic heterocycles. The fourth-order valence-electron chi connectivity index (χ4n) is 21.3. The van der Waals surface area contributed by atoms with Crippen LogP contribution < -0.4 is 0 Å². The Kier molecular flexibility index (Phi) is 26.4. The van der Waals surface area contributed by atoms with Crippen LogP contribution in [0.1, 0.15) is 114 Å². The topological polar surface area (TPSA) is 641 Å². The van der Waals surface area contributed by atoms with Crippen LogP contribution in [0, 0.1) is 50.2 Å². The van der Waals surface area contributed by atoms with E-state index in [0.717, 1.165) is 0 Å². The molecule has 13 rings (SSSR count). The van der Waals surface area contributed by atoms with Crippen molar-refractivity contribution >= 4 is 24.0 Å². The van der Waals surface area contributed by atoms with E-state index in [9.17, 15) is 117 Å². The molecule has 13 aliphatic rings. The molecule has 47 atom stereocenters. The van der Waals surface area contributed by atoms with Crippen molar-refractivity contribution in [2.45, 2.75) is 353 Å². The summed E-state index contributed by atoms with van der Waals surface area (Å²) < 4.78 is 96.0. The first kappa shape index (κ1) is 90.3. The molecule has 5 aliphatic carbocycles. The Balaban J connectivity index is 0.774. The van der Waals surface area contributed by atoms with Gasteiger partial charge in [0.25, 0.3) is 0 Å². The summed E-state index contributed by atoms with van der Waals surface area (Å²) in [5, 5.41) is 233. The van der Waals surface area contributed by atoms with E-state index in [1.165, 1.54) is 26.8 Å². The van der Waals surface area contributed by atoms with Crippen molar-refractivity contribution in [1.82, 2.24) is 0 Å². The fraction of sp³-hybridized carbons (Fsp3) is 0.920. The highest BCUT2D eigenvalue weighted by atomic mass is 16.8. The van der Waals surface area contributed by atoms with Crippen molar-refractivity contribution < 1.29 is 202 Å². The number of allylic oxidation sites excluding steroid dienone is 2. The minimum atomic E-state index is -2.28. The number of carbonyl (C=O) groups excluding carboxylic acids is 3. The second-order valence-corrected chi connectivity index (χ2v) is 35.9. The number of ketones is 1. The number of carbonyl (C=O) groups is 4. The lowest BCUT2D eigenvalue weighted by Crippen LogP contribution is -2.70. The number of carboxylic acid groups (broad SMARTS) is 1. The highest BCUT2D eigenvalue weighted by Gasteiger charge is 2.75. The Hall–Kier alpha value is -3.38. The highest BCUT2D eigenvalue weighted by molar-refractivity contribution is 5.96. The first-order valence-electron chi connectivity index (χ1n) is 39.8. The van der Waals surface area contributed by atoms with E-state index in [4.69, 9.17) is 75.8 Å². The third kappa shape index (κ3) is 15.5. The number of esters is 1. The zero-order valence-electron chi connectivity index (χ0n) is 65.4. The summed E-state index contributed by atoms with van der Waals surface area (Å²) in [6.07, 6.45) is -68.2. The summed E-state index contributed by atoms with van der Waals surface area (Å²) in [6.45, 7) is 12.8. The minimum Gasteiger partial charge on any atom is -0.479 e. The van der Waals surface area contributed by atoms with Gasteiger partial charge in [-0.3, -0.25) is 9.59 Å². The van der Waals surface area contributed by atoms with Crippen LogP contribution in [0.5, 0.6) is 0 Å². The summed E-state index contributed by atoms with van der Waals surface area (Å²) in [5.74, 6) is -5.95. The summed E-state index contributed by atoms with van der Waals surface area (Å²) in [4.78, 5) is 59.6. The molecule has 0 unspecified atom stereocenters. The van der Waals surface area contributed by atoms with Crippen LogP contribution in [0.2, 0.25) is 0 Å². The molecule has 8 heterocycles. The second-order valence-electron chi connectivity index (χ2n) is 35.9. The van der Waals surface area contributed by atoms with Gasteiger partial charge >= 0.3 is 11.9 Å². The lowest BCUT2D eigenvalue weighted by Gasteiger charge is -2.70. The predicted octanol–water partition coefficient (Wildman–Crippen LogP) is -8.32. The number of ether oxygens (including phenoxy) is 16. The van der Waals surface area contributed by atoms with Crippen LogP contribution >= 0.6 is 0 Å². The van der Waals surface area contributed by atoms with Crippen LogP contribution in [-0.4, -0.2) is 397 Å². The van der Waals surface area contributed by atoms with Gasteiger partial charge in [0.15, 0.2) is 62.0 Å². The summed E-state index contributed by atoms with van der Waals surface area (Å²) >= 11 is 0. The van der Waals surface area contributed by atoms with Gasteiger partial charge in [-0.1, -0.05) is 47.1 Å². The minimum absolute atomic E-state index is 0.0528. The van der Waals surface area contributed by atoms with Crippen molar-refractivity contribution in [1.29, 1.82) is 0 Å². The van der Waals surface area contributed by atoms with Crippen LogP contribution in [0.15, 0.2) is 11.6 Å². The van der Waals surface area contributed by atoms with Crippen LogP contribution in [0.3, 0.4) is 0 Å². The lowest BCUT2D eigenvalue weighted by molar-refractivity contribution is -0.391. The molecule has 21 N–H and O–H groups in total. The van der Waals surface area contributed by atoms with E-state index in [0.29, 0.717) is 18.3 Å². The average molecular weight is 1670 g/mol. The third-order valence-electron chi connectivity index (χ3n) is 28.3. The van der Waals surface area contributed by atoms with E-state index >= 15 is 9.59 Å². The molecule has 41 heteroatoms. The average Bonchev–Trinajstić information content (AvgIpc) is 0.664. The SMILES string of the molecule is C[C@@H]1O[C@@H](O[C@H]2[C@H](OC(=O)[C@]34CCC(C)(C)C[C@H]3C3=CC(=O)[C@@H]5[C@@]6(C)CC[C@H](O[C@@H]7O[C@H](C(=O)O)[C@@H](O)[C@H](O[C@@H]8OC[C@@H](O)[C@H](O)[C@H]8O)[C@H]7O[C@@H]7O[C@H](CO)[C@H](O)[C@H](O)[C@H]7O)[C@@](C)(C=O)[C@@H]6CC[C@@]5(C)[C@]3(C)C[C@H]4O)O[C@H](C)[C@H](O[C@@H]3O[C@H](C)[C@@H](O)[C@H](O)[C@H]3O)[C@@H]2O)[C@H](O)[C@H](O)[C@H]1O[C@@H]1OC[C@@H](O)[C@H](O[C@@H]2OC[C@@H](O)[C@H](O)[C@H]2O)[C@H]1O. The summed E-state index contributed by atoms with van der Waals surface area (Å²) in [6, 6.07) is 0. The van der Waals surface area contributed by atoms with E-state index in [1.807, 2.05) is 34.6 Å². The Morgan fingerprint density at radius 3 is 1.56 bits per heavy atom. The Morgan fingerprint density at radius 1 is 0.466 bits per heavy atom. The van der Waals surface area contributed by atoms with Gasteiger partial charge in [0.2, 0.25) is 6.29 Å². The van der Waals surface area contributed by atoms with Crippen LogP contribution in [-0.2, 0) is 95.0 Å². The van der Waals surface area contributed by atoms with Crippen molar-refractivity contribution in [3.8, 4) is 0 Å². The summed E-state index contributed by atoms with van der Waals surface area (Å²) in [7, 11) is 0. The molecule has 41 nitrogen and oxygen atoms in total. The maximum atomic E-state index is 16.1. The number of aliphatic hydroxyl groups excluding tert-OH is 20. The Labute approximate surface area is 665 Å². The van der Waals surface area contributed by atoms with Gasteiger partial charge in [-0.2, -0.15) is 0 Å². The first-order chi connectivity index (χ1) is 54.3. The van der Waals surface area contributed by atoms with E-state index < -0.39 is 328 Å². The summed E-state index contributed by atoms with van der Waals surface area (Å²) in [5.41, 5.74) is -6.99. The van der Waals surface area contributed by atoms with Crippen molar-refractivity contribution in [3.05, 3.63) is 11.6 Å². The number of aldehydes is 1. The van der Waals surface area contributed by atoms with Crippen LogP contribution in [0.25, 0.3) is 0 Å². The predicted molar refractivity (Wildman–Crippen MR) is 374 cm³/mol.